The number of hydrogen-bond donors (Lipinski definition) is 0. The molecule has 0 aromatic carbocycles. The minimum Gasteiger partial charge on any atom is -0.790 e. The topological polar surface area (TPSA) is 407 Å². The van der Waals surface area contributed by atoms with Gasteiger partial charge >= 0.3 is 219 Å². The molecule has 0 bridgehead atoms. The minimum atomic E-state index is -5.68. The van der Waals surface area contributed by atoms with Gasteiger partial charge in [-0.2, -0.15) is 0 Å². The van der Waals surface area contributed by atoms with Gasteiger partial charge in [0.25, 0.3) is 0 Å². The fourth-order valence-electron chi connectivity index (χ4n) is 0.367. The van der Waals surface area contributed by atoms with Crippen LogP contribution in [0.1, 0.15) is 0 Å². The van der Waals surface area contributed by atoms with Crippen molar-refractivity contribution in [2.75, 3.05) is 0 Å². The van der Waals surface area contributed by atoms with Crippen LogP contribution >= 0.6 is 46.9 Å². The molecule has 0 spiro atoms. The molecule has 0 aromatic rings. The molecular weight excluding hydrogens is 925 g/mol. The summed E-state index contributed by atoms with van der Waals surface area (Å²) < 4.78 is 63.5. The Morgan fingerprint density at radius 2 is 0.394 bits per heavy atom. The Morgan fingerprint density at radius 3 is 0.394 bits per heavy atom. The monoisotopic (exact) mass is 925 g/mol. The number of hydrogen-bond acceptors (Lipinski definition) is 21. The van der Waals surface area contributed by atoms with Gasteiger partial charge in [0.15, 0.2) is 0 Å². The van der Waals surface area contributed by atoms with Gasteiger partial charge < -0.3 is 99.0 Å². The molecule has 0 aliphatic carbocycles. The van der Waals surface area contributed by atoms with E-state index in [1.807, 2.05) is 0 Å². The van der Waals surface area contributed by atoms with Gasteiger partial charge in [-0.3, -0.25) is 0 Å². The van der Waals surface area contributed by atoms with E-state index in [1.165, 1.54) is 0 Å². The molecule has 0 amide bonds. The van der Waals surface area contributed by atoms with Crippen LogP contribution < -0.4 is 58.7 Å². The van der Waals surface area contributed by atoms with Crippen LogP contribution in [-0.2, 0) is 40.3 Å². The molecule has 33 heavy (non-hydrogen) atoms. The predicted molar refractivity (Wildman–Crippen MR) is 83.4 cm³/mol. The van der Waals surface area contributed by atoms with Crippen LogP contribution in [0.25, 0.3) is 0 Å². The summed E-state index contributed by atoms with van der Waals surface area (Å²) in [5, 5.41) is 0. The Balaban J connectivity index is -0.0000000343. The largest absolute Gasteiger partial charge is 2.00 e. The van der Waals surface area contributed by atoms with Crippen molar-refractivity contribution in [1.82, 2.24) is 0 Å². The van der Waals surface area contributed by atoms with E-state index in [0.717, 1.165) is 0 Å². The first kappa shape index (κ1) is 64.0. The molecule has 0 aliphatic rings. The molecule has 33 heteroatoms. The smallest absolute Gasteiger partial charge is 0.790 e. The van der Waals surface area contributed by atoms with Gasteiger partial charge in [0.1, 0.15) is 0 Å². The molecule has 0 aliphatic heterocycles. The van der Waals surface area contributed by atoms with E-state index in [9.17, 15) is 86.1 Å². The summed E-state index contributed by atoms with van der Waals surface area (Å²) >= 11 is 0. The molecule has 168 valence electrons. The van der Waals surface area contributed by atoms with E-state index in [1.54, 1.807) is 0 Å². The normalized spacial score (nSPS) is 11.3. The maximum absolute atomic E-state index is 9.32. The molecule has 21 nitrogen and oxygen atoms in total. The molecule has 0 saturated carbocycles. The average molecular weight is 925 g/mol. The molecule has 0 aromatic heterocycles. The van der Waals surface area contributed by atoms with E-state index >= 15 is 0 Å². The van der Waals surface area contributed by atoms with Crippen molar-refractivity contribution in [3.05, 3.63) is 0 Å². The van der Waals surface area contributed by atoms with E-state index in [4.69, 9.17) is 0 Å². The van der Waals surface area contributed by atoms with Gasteiger partial charge in [-0.15, -0.1) is 0 Å². The SMILES string of the molecule is O=P([O-])([O-])OP(=O)([O-])[O-].O=P([O-])([O-])OP(=O)([O-])[O-].O=P([O-])([O-])OP(=O)([O-])[O-].[Ba+2].[Ba+2].[Ca+2].[Ca+2].[Mg+2].[Mg+2]. The first-order valence-corrected chi connectivity index (χ1v) is 13.1. The third-order valence-electron chi connectivity index (χ3n) is 0.600. The quantitative estimate of drug-likeness (QED) is 0.176. The van der Waals surface area contributed by atoms with Gasteiger partial charge in [-0.05, 0) is 0 Å². The minimum absolute atomic E-state index is 0. The third-order valence-corrected chi connectivity index (χ3v) is 5.40. The van der Waals surface area contributed by atoms with Crippen LogP contribution in [0.15, 0.2) is 0 Å². The Kier molecular flexibility index (Phi) is 53.4. The van der Waals surface area contributed by atoms with Crippen LogP contribution in [0.5, 0.6) is 0 Å². The van der Waals surface area contributed by atoms with E-state index < -0.39 is 46.9 Å². The summed E-state index contributed by atoms with van der Waals surface area (Å²) in [7, 11) is -34.1. The van der Waals surface area contributed by atoms with Crippen LogP contribution in [0.4, 0.5) is 0 Å². The van der Waals surface area contributed by atoms with Crippen LogP contribution in [0.2, 0.25) is 0 Å². The standard InChI is InChI=1S/2Ba.2Ca.2Mg.3H4O7P2/c;;;;;;3*1-8(2,3)7-9(4,5)6/h;;;;;;3*(H2,1,2,3)(H2,4,5,6)/q6*+2;;;/p-12. The van der Waals surface area contributed by atoms with Gasteiger partial charge in [-0.25, -0.2) is 0 Å². The van der Waals surface area contributed by atoms with Gasteiger partial charge in [-0.1, -0.05) is 0 Å². The van der Waals surface area contributed by atoms with Crippen LogP contribution in [0.3, 0.4) is 0 Å². The van der Waals surface area contributed by atoms with Crippen molar-refractivity contribution in [1.29, 1.82) is 0 Å². The van der Waals surface area contributed by atoms with E-state index in [-0.39, 0.29) is 219 Å². The molecule has 0 heterocycles. The molecule has 0 unspecified atom stereocenters. The van der Waals surface area contributed by atoms with Crippen LogP contribution in [0, 0.1) is 0 Å². The Hall–Kier alpha value is 7.97. The Labute approximate surface area is 356 Å². The maximum Gasteiger partial charge on any atom is 2.00 e. The second-order valence-corrected chi connectivity index (χ2v) is 10.3. The summed E-state index contributed by atoms with van der Waals surface area (Å²) in [4.78, 5) is 112. The fourth-order valence-corrected chi connectivity index (χ4v) is 3.31. The maximum atomic E-state index is 9.32. The molecular formula is Ba2Ca2Mg2O21P6. The fraction of sp³-hybridized carbons (Fsp3) is 0. The summed E-state index contributed by atoms with van der Waals surface area (Å²) in [6.45, 7) is 0. The summed E-state index contributed by atoms with van der Waals surface area (Å²) in [5.74, 6) is 0. The van der Waals surface area contributed by atoms with E-state index in [2.05, 4.69) is 12.9 Å². The molecule has 0 fully saturated rings. The van der Waals surface area contributed by atoms with Crippen molar-refractivity contribution in [2.24, 2.45) is 0 Å². The second kappa shape index (κ2) is 27.5. The molecule has 0 rings (SSSR count). The van der Waals surface area contributed by atoms with Crippen LogP contribution in [-0.4, -0.2) is 219 Å². The molecule has 0 radical (unpaired) electrons. The van der Waals surface area contributed by atoms with Crippen molar-refractivity contribution in [2.45, 2.75) is 0 Å². The van der Waals surface area contributed by atoms with Crippen molar-refractivity contribution in [3.63, 3.8) is 0 Å². The van der Waals surface area contributed by atoms with Gasteiger partial charge in [0.05, 0.1) is 46.9 Å². The van der Waals surface area contributed by atoms with Gasteiger partial charge in [0.2, 0.25) is 0 Å². The molecule has 0 N–H and O–H groups in total. The molecule has 0 saturated heterocycles. The number of rotatable bonds is 6. The zero-order valence-electron chi connectivity index (χ0n) is 15.5. The van der Waals surface area contributed by atoms with E-state index in [0.29, 0.717) is 0 Å². The van der Waals surface area contributed by atoms with Crippen molar-refractivity contribution in [3.8, 4) is 0 Å². The Morgan fingerprint density at radius 1 is 0.333 bits per heavy atom. The average Bonchev–Trinajstić information content (AvgIpc) is 1.96. The second-order valence-electron chi connectivity index (χ2n) is 2.93. The number of phosphoric acid groups is 6. The van der Waals surface area contributed by atoms with Gasteiger partial charge in [0, 0.05) is 0 Å². The zero-order valence-corrected chi connectivity index (χ0v) is 37.0. The first-order chi connectivity index (χ1) is 11.1. The molecule has 0 atom stereocenters. The summed E-state index contributed by atoms with van der Waals surface area (Å²) in [5.41, 5.74) is 0. The van der Waals surface area contributed by atoms with Crippen molar-refractivity contribution >= 4 is 266 Å². The zero-order chi connectivity index (χ0) is 23.1. The summed E-state index contributed by atoms with van der Waals surface area (Å²) in [6, 6.07) is 0. The predicted octanol–water partition coefficient (Wildman–Crippen LogP) is -12.3. The third kappa shape index (κ3) is 85.4. The first-order valence-electron chi connectivity index (χ1n) is 4.38. The van der Waals surface area contributed by atoms with Crippen molar-refractivity contribution < 1.29 is 99.0 Å². The Bertz CT molecular complexity index is 574. The summed E-state index contributed by atoms with van der Waals surface area (Å²) in [6.07, 6.45) is 0.